The molecule has 0 spiro atoms. The molecular weight excluding hydrogens is 290 g/mol. The topological polar surface area (TPSA) is 96.7 Å². The van der Waals surface area contributed by atoms with E-state index in [0.29, 0.717) is 6.42 Å². The average molecular weight is 309 g/mol. The van der Waals surface area contributed by atoms with Gasteiger partial charge in [-0.2, -0.15) is 5.10 Å². The fourth-order valence-electron chi connectivity index (χ4n) is 2.54. The minimum absolute atomic E-state index is 0.183. The maximum Gasteiger partial charge on any atom is 0.241 e. The van der Waals surface area contributed by atoms with E-state index in [1.165, 1.54) is 0 Å². The zero-order chi connectivity index (χ0) is 16.2. The molecule has 23 heavy (non-hydrogen) atoms. The van der Waals surface area contributed by atoms with E-state index in [-0.39, 0.29) is 5.91 Å². The monoisotopic (exact) mass is 309 g/mol. The first-order chi connectivity index (χ1) is 11.1. The van der Waals surface area contributed by atoms with E-state index in [9.17, 15) is 4.79 Å². The van der Waals surface area contributed by atoms with Crippen LogP contribution in [-0.4, -0.2) is 27.1 Å². The summed E-state index contributed by atoms with van der Waals surface area (Å²) in [6, 6.07) is 7.09. The number of H-pyrrole nitrogens is 1. The molecule has 3 rings (SSSR count). The molecule has 0 aliphatic carbocycles. The van der Waals surface area contributed by atoms with Crippen molar-refractivity contribution in [1.82, 2.24) is 15.2 Å². The van der Waals surface area contributed by atoms with Crippen molar-refractivity contribution in [3.05, 3.63) is 54.0 Å². The van der Waals surface area contributed by atoms with Gasteiger partial charge >= 0.3 is 0 Å². The Morgan fingerprint density at radius 3 is 2.91 bits per heavy atom. The lowest BCUT2D eigenvalue weighted by Crippen LogP contribution is -2.36. The fourth-order valence-corrected chi connectivity index (χ4v) is 2.54. The molecule has 6 nitrogen and oxygen atoms in total. The van der Waals surface area contributed by atoms with E-state index in [1.807, 2.05) is 31.2 Å². The number of carbonyl (C=O) groups is 1. The van der Waals surface area contributed by atoms with E-state index in [4.69, 9.17) is 5.73 Å². The molecule has 0 saturated heterocycles. The van der Waals surface area contributed by atoms with Gasteiger partial charge in [0.1, 0.15) is 0 Å². The summed E-state index contributed by atoms with van der Waals surface area (Å²) < 4.78 is 0. The highest BCUT2D eigenvalue weighted by Crippen LogP contribution is 2.21. The molecular formula is C17H19N5O. The van der Waals surface area contributed by atoms with E-state index in [0.717, 1.165) is 34.1 Å². The Bertz CT molecular complexity index is 812. The van der Waals surface area contributed by atoms with Crippen LogP contribution in [0.15, 0.2) is 42.9 Å². The van der Waals surface area contributed by atoms with Gasteiger partial charge in [0, 0.05) is 23.5 Å². The van der Waals surface area contributed by atoms with Gasteiger partial charge in [0.15, 0.2) is 0 Å². The predicted octanol–water partition coefficient (Wildman–Crippen LogP) is 2.16. The standard InChI is InChI=1S/C17H19N5O/c1-11-8-13(9-16-14(11)10-20-22-16)21-17(23)15(18)3-2-12-4-6-19-7-5-12/h4-10,15H,2-3,18H2,1H3,(H,20,22)(H,21,23). The molecule has 4 N–H and O–H groups in total. The summed E-state index contributed by atoms with van der Waals surface area (Å²) >= 11 is 0. The molecule has 1 atom stereocenters. The Morgan fingerprint density at radius 1 is 1.35 bits per heavy atom. The Balaban J connectivity index is 1.63. The number of hydrogen-bond donors (Lipinski definition) is 3. The second-order valence-electron chi connectivity index (χ2n) is 5.61. The Labute approximate surface area is 134 Å². The third-order valence-corrected chi connectivity index (χ3v) is 3.86. The number of rotatable bonds is 5. The summed E-state index contributed by atoms with van der Waals surface area (Å²) in [5.74, 6) is -0.183. The van der Waals surface area contributed by atoms with Crippen LogP contribution in [0.25, 0.3) is 10.9 Å². The van der Waals surface area contributed by atoms with Crippen molar-refractivity contribution in [2.45, 2.75) is 25.8 Å². The van der Waals surface area contributed by atoms with Crippen molar-refractivity contribution in [1.29, 1.82) is 0 Å². The second-order valence-corrected chi connectivity index (χ2v) is 5.61. The van der Waals surface area contributed by atoms with E-state index in [1.54, 1.807) is 18.6 Å². The molecule has 0 bridgehead atoms. The number of nitrogens with zero attached hydrogens (tertiary/aromatic N) is 2. The first-order valence-electron chi connectivity index (χ1n) is 7.52. The molecule has 2 heterocycles. The van der Waals surface area contributed by atoms with Gasteiger partial charge in [-0.25, -0.2) is 0 Å². The van der Waals surface area contributed by atoms with E-state index in [2.05, 4.69) is 20.5 Å². The Morgan fingerprint density at radius 2 is 2.13 bits per heavy atom. The molecule has 6 heteroatoms. The number of aryl methyl sites for hydroxylation is 2. The number of anilines is 1. The van der Waals surface area contributed by atoms with E-state index < -0.39 is 6.04 Å². The highest BCUT2D eigenvalue weighted by molar-refractivity contribution is 5.97. The van der Waals surface area contributed by atoms with Gasteiger partial charge in [-0.05, 0) is 55.2 Å². The largest absolute Gasteiger partial charge is 0.325 e. The molecule has 1 unspecified atom stereocenters. The van der Waals surface area contributed by atoms with Crippen LogP contribution in [0, 0.1) is 6.92 Å². The SMILES string of the molecule is Cc1cc(NC(=O)C(N)CCc2ccncc2)cc2[nH]ncc12. The lowest BCUT2D eigenvalue weighted by atomic mass is 10.1. The van der Waals surface area contributed by atoms with Crippen LogP contribution in [0.4, 0.5) is 5.69 Å². The summed E-state index contributed by atoms with van der Waals surface area (Å²) in [5.41, 5.74) is 9.79. The summed E-state index contributed by atoms with van der Waals surface area (Å²) in [7, 11) is 0. The highest BCUT2D eigenvalue weighted by atomic mass is 16.2. The normalized spacial score (nSPS) is 12.3. The summed E-state index contributed by atoms with van der Waals surface area (Å²) in [5, 5.41) is 10.8. The predicted molar refractivity (Wildman–Crippen MR) is 90.0 cm³/mol. The van der Waals surface area contributed by atoms with Gasteiger partial charge < -0.3 is 11.1 Å². The van der Waals surface area contributed by atoms with Crippen molar-refractivity contribution >= 4 is 22.5 Å². The number of pyridine rings is 1. The molecule has 1 amide bonds. The van der Waals surface area contributed by atoms with Crippen LogP contribution < -0.4 is 11.1 Å². The first kappa shape index (κ1) is 15.2. The highest BCUT2D eigenvalue weighted by Gasteiger charge is 2.14. The van der Waals surface area contributed by atoms with Crippen LogP contribution >= 0.6 is 0 Å². The van der Waals surface area contributed by atoms with Crippen LogP contribution in [0.3, 0.4) is 0 Å². The molecule has 0 aliphatic heterocycles. The van der Waals surface area contributed by atoms with Gasteiger partial charge in [-0.1, -0.05) is 0 Å². The number of carbonyl (C=O) groups excluding carboxylic acids is 1. The van der Waals surface area contributed by atoms with Gasteiger partial charge in [0.25, 0.3) is 0 Å². The Kier molecular flexibility index (Phi) is 4.34. The molecule has 2 aromatic heterocycles. The molecule has 0 saturated carbocycles. The lowest BCUT2D eigenvalue weighted by molar-refractivity contribution is -0.117. The number of amides is 1. The summed E-state index contributed by atoms with van der Waals surface area (Å²) in [6.45, 7) is 1.98. The smallest absolute Gasteiger partial charge is 0.241 e. The number of aromatic nitrogens is 3. The van der Waals surface area contributed by atoms with Gasteiger partial charge in [0.2, 0.25) is 5.91 Å². The molecule has 0 aliphatic rings. The average Bonchev–Trinajstić information content (AvgIpc) is 3.02. The summed E-state index contributed by atoms with van der Waals surface area (Å²) in [6.07, 6.45) is 6.58. The van der Waals surface area contributed by atoms with Crippen molar-refractivity contribution in [3.8, 4) is 0 Å². The molecule has 1 aromatic carbocycles. The fraction of sp³-hybridized carbons (Fsp3) is 0.235. The Hall–Kier alpha value is -2.73. The quantitative estimate of drug-likeness (QED) is 0.673. The van der Waals surface area contributed by atoms with Crippen LogP contribution in [0.2, 0.25) is 0 Å². The van der Waals surface area contributed by atoms with Crippen LogP contribution in [0.5, 0.6) is 0 Å². The number of aromatic amines is 1. The number of hydrogen-bond acceptors (Lipinski definition) is 4. The van der Waals surface area contributed by atoms with Gasteiger partial charge in [0.05, 0.1) is 17.8 Å². The lowest BCUT2D eigenvalue weighted by Gasteiger charge is -2.13. The van der Waals surface area contributed by atoms with Crippen LogP contribution in [-0.2, 0) is 11.2 Å². The first-order valence-corrected chi connectivity index (χ1v) is 7.52. The minimum Gasteiger partial charge on any atom is -0.325 e. The zero-order valence-corrected chi connectivity index (χ0v) is 12.9. The molecule has 0 fully saturated rings. The van der Waals surface area contributed by atoms with Crippen LogP contribution in [0.1, 0.15) is 17.5 Å². The third-order valence-electron chi connectivity index (χ3n) is 3.86. The van der Waals surface area contributed by atoms with Gasteiger partial charge in [-0.3, -0.25) is 14.9 Å². The molecule has 3 aromatic rings. The summed E-state index contributed by atoms with van der Waals surface area (Å²) in [4.78, 5) is 16.2. The van der Waals surface area contributed by atoms with Crippen molar-refractivity contribution in [2.75, 3.05) is 5.32 Å². The number of nitrogens with two attached hydrogens (primary N) is 1. The number of benzene rings is 1. The van der Waals surface area contributed by atoms with Gasteiger partial charge in [-0.15, -0.1) is 0 Å². The number of nitrogens with one attached hydrogen (secondary N) is 2. The van der Waals surface area contributed by atoms with E-state index >= 15 is 0 Å². The van der Waals surface area contributed by atoms with Crippen molar-refractivity contribution in [3.63, 3.8) is 0 Å². The van der Waals surface area contributed by atoms with Crippen molar-refractivity contribution < 1.29 is 4.79 Å². The molecule has 0 radical (unpaired) electrons. The zero-order valence-electron chi connectivity index (χ0n) is 12.9. The minimum atomic E-state index is -0.555. The second kappa shape index (κ2) is 6.58. The van der Waals surface area contributed by atoms with Crippen molar-refractivity contribution in [2.24, 2.45) is 5.73 Å². The maximum atomic E-state index is 12.2. The number of fused-ring (bicyclic) bond motifs is 1. The third kappa shape index (κ3) is 3.54. The maximum absolute atomic E-state index is 12.2. The molecule has 118 valence electrons.